The highest BCUT2D eigenvalue weighted by Gasteiger charge is 2.51. The van der Waals surface area contributed by atoms with E-state index in [0.29, 0.717) is 11.3 Å². The Morgan fingerprint density at radius 2 is 1.18 bits per heavy atom. The summed E-state index contributed by atoms with van der Waals surface area (Å²) in [6, 6.07) is 17.1. The van der Waals surface area contributed by atoms with E-state index in [2.05, 4.69) is 87.7 Å². The van der Waals surface area contributed by atoms with Gasteiger partial charge in [0.15, 0.2) is 0 Å². The predicted molar refractivity (Wildman–Crippen MR) is 167 cm³/mol. The van der Waals surface area contributed by atoms with E-state index in [-0.39, 0.29) is 5.97 Å². The maximum absolute atomic E-state index is 13.4. The number of rotatable bonds is 14. The molecule has 0 N–H and O–H groups in total. The van der Waals surface area contributed by atoms with Crippen molar-refractivity contribution in [3.05, 3.63) is 88.2 Å². The van der Waals surface area contributed by atoms with E-state index in [9.17, 15) is 4.79 Å². The number of nitrogens with zero attached hydrogens (tertiary/aromatic N) is 3. The number of ether oxygens (including phenoxy) is 1. The first-order valence-corrected chi connectivity index (χ1v) is 15.4. The molecule has 2 aromatic carbocycles. The minimum absolute atomic E-state index is 0.308. The smallest absolute Gasteiger partial charge is 0.341 e. The number of aromatic nitrogens is 1. The van der Waals surface area contributed by atoms with Gasteiger partial charge in [0, 0.05) is 54.9 Å². The molecule has 0 saturated heterocycles. The fourth-order valence-corrected chi connectivity index (χ4v) is 6.25. The van der Waals surface area contributed by atoms with Crippen molar-refractivity contribution in [1.29, 1.82) is 0 Å². The van der Waals surface area contributed by atoms with Crippen molar-refractivity contribution in [3.8, 4) is 0 Å². The van der Waals surface area contributed by atoms with E-state index in [0.717, 1.165) is 75.8 Å². The zero-order valence-electron chi connectivity index (χ0n) is 25.4. The molecule has 5 heteroatoms. The molecule has 0 fully saturated rings. The molecule has 0 unspecified atom stereocenters. The lowest BCUT2D eigenvalue weighted by molar-refractivity contribution is 0.0238. The largest absolute Gasteiger partial charge is 0.439 e. The van der Waals surface area contributed by atoms with E-state index < -0.39 is 5.60 Å². The zero-order valence-corrected chi connectivity index (χ0v) is 25.4. The second-order valence-electron chi connectivity index (χ2n) is 10.8. The van der Waals surface area contributed by atoms with Crippen molar-refractivity contribution >= 4 is 17.3 Å². The molecule has 3 aromatic rings. The lowest BCUT2D eigenvalue weighted by Crippen LogP contribution is -2.34. The van der Waals surface area contributed by atoms with Crippen molar-refractivity contribution < 1.29 is 9.53 Å². The molecule has 214 valence electrons. The summed E-state index contributed by atoms with van der Waals surface area (Å²) in [6.45, 7) is 17.4. The van der Waals surface area contributed by atoms with Crippen molar-refractivity contribution in [2.24, 2.45) is 0 Å². The van der Waals surface area contributed by atoms with Gasteiger partial charge in [-0.15, -0.1) is 0 Å². The number of hydrogen-bond donors (Lipinski definition) is 0. The predicted octanol–water partition coefficient (Wildman–Crippen LogP) is 7.92. The van der Waals surface area contributed by atoms with Crippen molar-refractivity contribution in [3.63, 3.8) is 0 Å². The molecule has 1 aliphatic rings. The number of pyridine rings is 1. The number of carbonyl (C=O) groups excluding carboxylic acids is 1. The number of benzene rings is 2. The van der Waals surface area contributed by atoms with Crippen LogP contribution < -0.4 is 9.80 Å². The van der Waals surface area contributed by atoms with E-state index in [1.54, 1.807) is 6.20 Å². The minimum atomic E-state index is -1.08. The Morgan fingerprint density at radius 3 is 1.60 bits per heavy atom. The molecule has 0 saturated carbocycles. The Hall–Kier alpha value is -3.34. The average molecular weight is 542 g/mol. The quantitative estimate of drug-likeness (QED) is 0.194. The van der Waals surface area contributed by atoms with Gasteiger partial charge in [0.05, 0.1) is 5.56 Å². The Bertz CT molecular complexity index is 1220. The van der Waals surface area contributed by atoms with E-state index in [1.807, 2.05) is 12.1 Å². The highest BCUT2D eigenvalue weighted by Crippen LogP contribution is 2.49. The highest BCUT2D eigenvalue weighted by molar-refractivity contribution is 5.95. The van der Waals surface area contributed by atoms with Crippen LogP contribution in [0, 0.1) is 0 Å². The third-order valence-corrected chi connectivity index (χ3v) is 8.01. The van der Waals surface area contributed by atoms with Crippen LogP contribution in [0.4, 0.5) is 11.4 Å². The number of carbonyl (C=O) groups is 1. The normalized spacial score (nSPS) is 13.7. The minimum Gasteiger partial charge on any atom is -0.439 e. The number of hydrogen-bond acceptors (Lipinski definition) is 5. The van der Waals surface area contributed by atoms with E-state index >= 15 is 0 Å². The second-order valence-corrected chi connectivity index (χ2v) is 10.8. The molecule has 40 heavy (non-hydrogen) atoms. The van der Waals surface area contributed by atoms with E-state index in [1.165, 1.54) is 22.5 Å². The van der Waals surface area contributed by atoms with Gasteiger partial charge in [-0.25, -0.2) is 4.79 Å². The van der Waals surface area contributed by atoms with Crippen LogP contribution >= 0.6 is 0 Å². The highest BCUT2D eigenvalue weighted by atomic mass is 16.6. The summed E-state index contributed by atoms with van der Waals surface area (Å²) in [5.41, 5.74) is 7.02. The number of anilines is 2. The summed E-state index contributed by atoms with van der Waals surface area (Å²) in [7, 11) is 0. The maximum Gasteiger partial charge on any atom is 0.341 e. The topological polar surface area (TPSA) is 45.7 Å². The van der Waals surface area contributed by atoms with Gasteiger partial charge < -0.3 is 14.5 Å². The van der Waals surface area contributed by atoms with Gasteiger partial charge >= 0.3 is 5.97 Å². The molecule has 0 bridgehead atoms. The summed E-state index contributed by atoms with van der Waals surface area (Å²) in [6.07, 6.45) is 7.84. The number of esters is 1. The van der Waals surface area contributed by atoms with Crippen LogP contribution in [-0.2, 0) is 23.2 Å². The van der Waals surface area contributed by atoms with Gasteiger partial charge in [-0.3, -0.25) is 4.98 Å². The molecular weight excluding hydrogens is 494 g/mol. The SMILES string of the molecule is CCCN(CCC)c1ccc(C2(c3ccc(N(CCC)CCC)cc3CC)OC(=O)c3cccnc32)c(CC)c1. The standard InChI is InChI=1S/C35H47N3O2/c1-7-20-37(21-8-2)28-15-17-31(26(11-5)24-28)35(33-30(34(39)40-35)14-13-19-36-33)32-18-16-29(25-27(32)12-6)38(22-9-3)23-10-4/h13-19,24-25H,7-12,20-23H2,1-6H3. The van der Waals surface area contributed by atoms with Crippen LogP contribution in [0.2, 0.25) is 0 Å². The van der Waals surface area contributed by atoms with Gasteiger partial charge in [-0.2, -0.15) is 0 Å². The van der Waals surface area contributed by atoms with Gasteiger partial charge in [-0.05, 0) is 86.1 Å². The van der Waals surface area contributed by atoms with Crippen LogP contribution in [0.5, 0.6) is 0 Å². The molecule has 0 aliphatic carbocycles. The molecular formula is C35H47N3O2. The van der Waals surface area contributed by atoms with Gasteiger partial charge in [0.25, 0.3) is 0 Å². The lowest BCUT2D eigenvalue weighted by atomic mass is 9.77. The summed E-state index contributed by atoms with van der Waals surface area (Å²) >= 11 is 0. The fourth-order valence-electron chi connectivity index (χ4n) is 6.25. The maximum atomic E-state index is 13.4. The van der Waals surface area contributed by atoms with Crippen LogP contribution in [0.15, 0.2) is 54.7 Å². The molecule has 1 aromatic heterocycles. The molecule has 1 aliphatic heterocycles. The van der Waals surface area contributed by atoms with Gasteiger partial charge in [-0.1, -0.05) is 53.7 Å². The van der Waals surface area contributed by atoms with Crippen LogP contribution in [-0.4, -0.2) is 37.1 Å². The Labute approximate surface area is 241 Å². The summed E-state index contributed by atoms with van der Waals surface area (Å²) in [5.74, 6) is -0.308. The van der Waals surface area contributed by atoms with Crippen LogP contribution in [0.25, 0.3) is 0 Å². The first-order valence-electron chi connectivity index (χ1n) is 15.4. The third-order valence-electron chi connectivity index (χ3n) is 8.01. The molecule has 0 radical (unpaired) electrons. The van der Waals surface area contributed by atoms with Gasteiger partial charge in [0.1, 0.15) is 5.69 Å². The third kappa shape index (κ3) is 5.48. The first kappa shape index (κ1) is 29.6. The van der Waals surface area contributed by atoms with Crippen molar-refractivity contribution in [2.45, 2.75) is 85.7 Å². The molecule has 0 spiro atoms. The van der Waals surface area contributed by atoms with Crippen molar-refractivity contribution in [1.82, 2.24) is 4.98 Å². The Morgan fingerprint density at radius 1 is 0.700 bits per heavy atom. The van der Waals surface area contributed by atoms with Crippen LogP contribution in [0.1, 0.15) is 106 Å². The average Bonchev–Trinajstić information content (AvgIpc) is 3.29. The number of fused-ring (bicyclic) bond motifs is 1. The van der Waals surface area contributed by atoms with Gasteiger partial charge in [0.2, 0.25) is 5.60 Å². The molecule has 2 heterocycles. The molecule has 0 amide bonds. The Balaban J connectivity index is 1.96. The molecule has 5 nitrogen and oxygen atoms in total. The number of cyclic esters (lactones) is 1. The summed E-state index contributed by atoms with van der Waals surface area (Å²) in [5, 5.41) is 0. The van der Waals surface area contributed by atoms with Crippen molar-refractivity contribution in [2.75, 3.05) is 36.0 Å². The first-order chi connectivity index (χ1) is 19.5. The second kappa shape index (κ2) is 13.3. The summed E-state index contributed by atoms with van der Waals surface area (Å²) < 4.78 is 6.54. The fraction of sp³-hybridized carbons (Fsp3) is 0.486. The lowest BCUT2D eigenvalue weighted by Gasteiger charge is -2.34. The molecule has 4 rings (SSSR count). The van der Waals surface area contributed by atoms with E-state index in [4.69, 9.17) is 9.72 Å². The summed E-state index contributed by atoms with van der Waals surface area (Å²) in [4.78, 5) is 23.2. The molecule has 0 atom stereocenters. The monoisotopic (exact) mass is 541 g/mol. The Kier molecular flexibility index (Phi) is 9.89. The van der Waals surface area contributed by atoms with Crippen LogP contribution in [0.3, 0.4) is 0 Å². The zero-order chi connectivity index (χ0) is 28.7. The number of aryl methyl sites for hydroxylation is 2.